The first-order valence-corrected chi connectivity index (χ1v) is 6.38. The molecule has 112 valence electrons. The van der Waals surface area contributed by atoms with Crippen molar-refractivity contribution in [3.63, 3.8) is 0 Å². The van der Waals surface area contributed by atoms with Gasteiger partial charge in [-0.1, -0.05) is 6.92 Å². The van der Waals surface area contributed by atoms with Gasteiger partial charge in [-0.25, -0.2) is 9.59 Å². The minimum Gasteiger partial charge on any atom is -0.479 e. The number of carboxylic acid groups (broad SMARTS) is 1. The Kier molecular flexibility index (Phi) is 4.75. The molecule has 1 unspecified atom stereocenters. The molecule has 0 fully saturated rings. The van der Waals surface area contributed by atoms with Gasteiger partial charge in [0.15, 0.2) is 6.04 Å². The lowest BCUT2D eigenvalue weighted by molar-refractivity contribution is -0.139. The molecule has 0 bridgehead atoms. The average Bonchev–Trinajstić information content (AvgIpc) is 2.64. The highest BCUT2D eigenvalue weighted by atomic mass is 16.6. The van der Waals surface area contributed by atoms with Crippen molar-refractivity contribution < 1.29 is 19.4 Å². The number of nitrogens with zero attached hydrogens (tertiary/aromatic N) is 2. The van der Waals surface area contributed by atoms with Gasteiger partial charge in [-0.3, -0.25) is 4.68 Å². The minimum absolute atomic E-state index is 0.466. The Morgan fingerprint density at radius 2 is 2.10 bits per heavy atom. The molecule has 1 rings (SSSR count). The summed E-state index contributed by atoms with van der Waals surface area (Å²) in [6, 6.07) is -1.17. The topological polar surface area (TPSA) is 93.5 Å². The van der Waals surface area contributed by atoms with Crippen LogP contribution in [0, 0.1) is 0 Å². The fraction of sp³-hybridized carbons (Fsp3) is 0.615. The number of ether oxygens (including phenoxy) is 1. The van der Waals surface area contributed by atoms with Gasteiger partial charge in [-0.05, 0) is 27.2 Å². The quantitative estimate of drug-likeness (QED) is 0.876. The second-order valence-corrected chi connectivity index (χ2v) is 5.48. The molecular weight excluding hydrogens is 262 g/mol. The van der Waals surface area contributed by atoms with Crippen LogP contribution in [-0.2, 0) is 23.0 Å². The van der Waals surface area contributed by atoms with Crippen molar-refractivity contribution in [1.82, 2.24) is 15.1 Å². The maximum atomic E-state index is 11.7. The molecule has 20 heavy (non-hydrogen) atoms. The van der Waals surface area contributed by atoms with Crippen molar-refractivity contribution in [2.75, 3.05) is 0 Å². The number of carbonyl (C=O) groups is 2. The number of carbonyl (C=O) groups excluding carboxylic acids is 1. The van der Waals surface area contributed by atoms with Crippen LogP contribution < -0.4 is 5.32 Å². The van der Waals surface area contributed by atoms with Crippen LogP contribution in [0.4, 0.5) is 4.79 Å². The van der Waals surface area contributed by atoms with E-state index in [0.717, 1.165) is 0 Å². The van der Waals surface area contributed by atoms with Gasteiger partial charge in [0.25, 0.3) is 0 Å². The molecule has 7 nitrogen and oxygen atoms in total. The molecule has 1 heterocycles. The molecule has 1 aromatic heterocycles. The summed E-state index contributed by atoms with van der Waals surface area (Å²) in [5, 5.41) is 15.8. The van der Waals surface area contributed by atoms with Crippen molar-refractivity contribution in [2.45, 2.75) is 45.8 Å². The molecule has 1 aromatic rings. The molecule has 0 aliphatic heterocycles. The summed E-state index contributed by atoms with van der Waals surface area (Å²) >= 11 is 0. The number of aromatic nitrogens is 2. The normalized spacial score (nSPS) is 12.8. The fourth-order valence-electron chi connectivity index (χ4n) is 1.77. The molecule has 2 N–H and O–H groups in total. The van der Waals surface area contributed by atoms with Crippen molar-refractivity contribution in [2.24, 2.45) is 7.05 Å². The van der Waals surface area contributed by atoms with Gasteiger partial charge in [0.2, 0.25) is 0 Å². The number of nitrogens with one attached hydrogen (secondary N) is 1. The zero-order valence-corrected chi connectivity index (χ0v) is 12.4. The molecule has 0 radical (unpaired) electrons. The fourth-order valence-corrected chi connectivity index (χ4v) is 1.77. The van der Waals surface area contributed by atoms with Crippen molar-refractivity contribution in [1.29, 1.82) is 0 Å². The summed E-state index contributed by atoms with van der Waals surface area (Å²) in [4.78, 5) is 23.1. The van der Waals surface area contributed by atoms with E-state index in [1.807, 2.05) is 6.92 Å². The SMILES string of the molecule is CCc1nn(C)cc1C(NC(=O)OC(C)(C)C)C(=O)O. The Balaban J connectivity index is 2.95. The summed E-state index contributed by atoms with van der Waals surface area (Å²) in [6.45, 7) is 7.01. The number of carboxylic acids is 1. The molecule has 0 aliphatic carbocycles. The number of aryl methyl sites for hydroxylation is 2. The van der Waals surface area contributed by atoms with Crippen molar-refractivity contribution in [3.8, 4) is 0 Å². The highest BCUT2D eigenvalue weighted by Crippen LogP contribution is 2.19. The van der Waals surface area contributed by atoms with Crippen molar-refractivity contribution >= 4 is 12.1 Å². The van der Waals surface area contributed by atoms with Crippen LogP contribution in [0.1, 0.15) is 45.0 Å². The predicted molar refractivity (Wildman–Crippen MR) is 72.3 cm³/mol. The van der Waals surface area contributed by atoms with Crippen molar-refractivity contribution in [3.05, 3.63) is 17.5 Å². The van der Waals surface area contributed by atoms with E-state index in [1.54, 1.807) is 34.0 Å². The van der Waals surface area contributed by atoms with Crippen LogP contribution in [0.5, 0.6) is 0 Å². The zero-order chi connectivity index (χ0) is 15.5. The summed E-state index contributed by atoms with van der Waals surface area (Å²) < 4.78 is 6.61. The lowest BCUT2D eigenvalue weighted by atomic mass is 10.1. The van der Waals surface area contributed by atoms with Gasteiger partial charge in [0.1, 0.15) is 5.60 Å². The van der Waals surface area contributed by atoms with E-state index in [1.165, 1.54) is 4.68 Å². The van der Waals surface area contributed by atoms with Gasteiger partial charge >= 0.3 is 12.1 Å². The van der Waals surface area contributed by atoms with E-state index < -0.39 is 23.7 Å². The third kappa shape index (κ3) is 4.25. The molecule has 0 saturated carbocycles. The highest BCUT2D eigenvalue weighted by Gasteiger charge is 2.28. The molecule has 1 amide bonds. The Morgan fingerprint density at radius 1 is 1.50 bits per heavy atom. The first kappa shape index (κ1) is 16.0. The summed E-state index contributed by atoms with van der Waals surface area (Å²) in [6.07, 6.45) is 1.40. The van der Waals surface area contributed by atoms with E-state index in [9.17, 15) is 14.7 Å². The molecule has 1 atom stereocenters. The summed E-state index contributed by atoms with van der Waals surface area (Å²) in [5.74, 6) is -1.15. The molecule has 0 aromatic carbocycles. The van der Waals surface area contributed by atoms with E-state index >= 15 is 0 Å². The zero-order valence-electron chi connectivity index (χ0n) is 12.4. The number of alkyl carbamates (subject to hydrolysis) is 1. The van der Waals surface area contributed by atoms with Gasteiger partial charge in [-0.2, -0.15) is 5.10 Å². The van der Waals surface area contributed by atoms with E-state index in [2.05, 4.69) is 10.4 Å². The molecule has 0 spiro atoms. The summed E-state index contributed by atoms with van der Waals surface area (Å²) in [7, 11) is 1.70. The lowest BCUT2D eigenvalue weighted by Gasteiger charge is -2.22. The first-order chi connectivity index (χ1) is 9.14. The second kappa shape index (κ2) is 5.94. The molecule has 7 heteroatoms. The highest BCUT2D eigenvalue weighted by molar-refractivity contribution is 5.81. The molecular formula is C13H21N3O4. The van der Waals surface area contributed by atoms with Crippen LogP contribution >= 0.6 is 0 Å². The average molecular weight is 283 g/mol. The van der Waals surface area contributed by atoms with Gasteiger partial charge in [0, 0.05) is 18.8 Å². The Bertz CT molecular complexity index is 502. The maximum absolute atomic E-state index is 11.7. The van der Waals surface area contributed by atoms with Crippen LogP contribution in [0.25, 0.3) is 0 Å². The predicted octanol–water partition coefficient (Wildman–Crippen LogP) is 1.63. The third-order valence-corrected chi connectivity index (χ3v) is 2.49. The Morgan fingerprint density at radius 3 is 2.55 bits per heavy atom. The largest absolute Gasteiger partial charge is 0.479 e. The van der Waals surface area contributed by atoms with Crippen LogP contribution in [-0.4, -0.2) is 32.6 Å². The number of rotatable bonds is 4. The Hall–Kier alpha value is -2.05. The first-order valence-electron chi connectivity index (χ1n) is 6.38. The smallest absolute Gasteiger partial charge is 0.408 e. The van der Waals surface area contributed by atoms with E-state index in [0.29, 0.717) is 17.7 Å². The van der Waals surface area contributed by atoms with Crippen LogP contribution in [0.15, 0.2) is 6.20 Å². The number of hydrogen-bond donors (Lipinski definition) is 2. The minimum atomic E-state index is -1.17. The lowest BCUT2D eigenvalue weighted by Crippen LogP contribution is -2.38. The number of aliphatic carboxylic acids is 1. The summed E-state index contributed by atoms with van der Waals surface area (Å²) in [5.41, 5.74) is 0.416. The standard InChI is InChI=1S/C13H21N3O4/c1-6-9-8(7-16(5)15-9)10(11(17)18)14-12(19)20-13(2,3)4/h7,10H,6H2,1-5H3,(H,14,19)(H,17,18). The van der Waals surface area contributed by atoms with E-state index in [-0.39, 0.29) is 0 Å². The number of amides is 1. The number of hydrogen-bond acceptors (Lipinski definition) is 4. The van der Waals surface area contributed by atoms with Gasteiger partial charge in [-0.15, -0.1) is 0 Å². The molecule has 0 saturated heterocycles. The van der Waals surface area contributed by atoms with Crippen LogP contribution in [0.3, 0.4) is 0 Å². The van der Waals surface area contributed by atoms with E-state index in [4.69, 9.17) is 4.74 Å². The van der Waals surface area contributed by atoms with Gasteiger partial charge < -0.3 is 15.2 Å². The monoisotopic (exact) mass is 283 g/mol. The Labute approximate surface area is 117 Å². The maximum Gasteiger partial charge on any atom is 0.408 e. The third-order valence-electron chi connectivity index (χ3n) is 2.49. The van der Waals surface area contributed by atoms with Gasteiger partial charge in [0.05, 0.1) is 5.69 Å². The van der Waals surface area contributed by atoms with Crippen LogP contribution in [0.2, 0.25) is 0 Å². The second-order valence-electron chi connectivity index (χ2n) is 5.48. The molecule has 0 aliphatic rings.